The summed E-state index contributed by atoms with van der Waals surface area (Å²) in [6.45, 7) is 0.513. The number of aryl methyl sites for hydroxylation is 1. The van der Waals surface area contributed by atoms with Gasteiger partial charge in [0.1, 0.15) is 12.3 Å². The first-order chi connectivity index (χ1) is 17.1. The van der Waals surface area contributed by atoms with Crippen molar-refractivity contribution in [1.82, 2.24) is 14.1 Å². The molecule has 0 saturated heterocycles. The van der Waals surface area contributed by atoms with Crippen molar-refractivity contribution in [3.05, 3.63) is 65.2 Å². The van der Waals surface area contributed by atoms with E-state index in [1.165, 1.54) is 16.8 Å². The molecule has 2 N–H and O–H groups in total. The van der Waals surface area contributed by atoms with E-state index in [-0.39, 0.29) is 28.8 Å². The van der Waals surface area contributed by atoms with Gasteiger partial charge in [0.25, 0.3) is 10.2 Å². The largest absolute Gasteiger partial charge is 0.439 e. The van der Waals surface area contributed by atoms with Crippen molar-refractivity contribution in [2.24, 2.45) is 5.14 Å². The zero-order valence-electron chi connectivity index (χ0n) is 19.3. The summed E-state index contributed by atoms with van der Waals surface area (Å²) in [5, 5.41) is 9.52. The summed E-state index contributed by atoms with van der Waals surface area (Å²) in [5.41, 5.74) is 1.63. The van der Waals surface area contributed by atoms with E-state index >= 15 is 0 Å². The van der Waals surface area contributed by atoms with E-state index in [9.17, 15) is 34.8 Å². The highest BCUT2D eigenvalue weighted by Gasteiger charge is 2.41. The average Bonchev–Trinajstić information content (AvgIpc) is 3.39. The molecule has 1 aromatic heterocycles. The molecule has 3 aromatic rings. The van der Waals surface area contributed by atoms with Crippen molar-refractivity contribution in [1.29, 1.82) is 0 Å². The van der Waals surface area contributed by atoms with Gasteiger partial charge in [-0.25, -0.2) is 9.82 Å². The molecule has 1 aliphatic rings. The van der Waals surface area contributed by atoms with E-state index in [4.69, 9.17) is 9.88 Å². The molecule has 7 nitrogen and oxygen atoms in total. The smallest absolute Gasteiger partial charge is 0.416 e. The minimum atomic E-state index is -4.75. The summed E-state index contributed by atoms with van der Waals surface area (Å²) >= 11 is 0. The number of hydrogen-bond donors (Lipinski definition) is 1. The van der Waals surface area contributed by atoms with Crippen molar-refractivity contribution >= 4 is 10.2 Å². The van der Waals surface area contributed by atoms with Crippen LogP contribution in [0, 0.1) is 0 Å². The highest BCUT2D eigenvalue weighted by Crippen LogP contribution is 2.35. The Hall–Kier alpha value is -3.10. The zero-order valence-corrected chi connectivity index (χ0v) is 20.2. The number of aromatic nitrogens is 2. The third-order valence-corrected chi connectivity index (χ3v) is 7.01. The molecule has 1 heterocycles. The molecule has 37 heavy (non-hydrogen) atoms. The second-order valence-corrected chi connectivity index (χ2v) is 10.1. The molecule has 0 saturated carbocycles. The second-order valence-electron chi connectivity index (χ2n) is 8.56. The molecular formula is C23H22F6N4O3S. The topological polar surface area (TPSA) is 90.5 Å². The molecular weight excluding hydrogens is 526 g/mol. The van der Waals surface area contributed by atoms with Crippen molar-refractivity contribution in [3.63, 3.8) is 0 Å². The molecule has 0 radical (unpaired) electrons. The van der Waals surface area contributed by atoms with E-state index in [1.54, 1.807) is 31.2 Å². The van der Waals surface area contributed by atoms with Crippen LogP contribution in [0.4, 0.5) is 26.3 Å². The molecule has 0 bridgehead atoms. The van der Waals surface area contributed by atoms with Gasteiger partial charge < -0.3 is 4.74 Å². The summed E-state index contributed by atoms with van der Waals surface area (Å²) in [5.74, 6) is 0.458. The van der Waals surface area contributed by atoms with E-state index in [0.717, 1.165) is 12.1 Å². The Labute approximate surface area is 208 Å². The number of ether oxygens (including phenoxy) is 1. The first-order valence-electron chi connectivity index (χ1n) is 11.1. The third kappa shape index (κ3) is 6.25. The Morgan fingerprint density at radius 2 is 1.68 bits per heavy atom. The number of halogens is 6. The molecule has 1 aliphatic carbocycles. The van der Waals surface area contributed by atoms with Crippen molar-refractivity contribution in [3.8, 4) is 22.9 Å². The van der Waals surface area contributed by atoms with Crippen molar-refractivity contribution < 1.29 is 39.5 Å². The van der Waals surface area contributed by atoms with Gasteiger partial charge in [-0.15, -0.1) is 0 Å². The lowest BCUT2D eigenvalue weighted by Gasteiger charge is -2.26. The molecule has 4 rings (SSSR count). The zero-order chi connectivity index (χ0) is 27.2. The van der Waals surface area contributed by atoms with E-state index in [1.807, 2.05) is 0 Å². The highest BCUT2D eigenvalue weighted by atomic mass is 32.2. The van der Waals surface area contributed by atoms with Crippen LogP contribution in [0.25, 0.3) is 11.3 Å². The Morgan fingerprint density at radius 3 is 2.24 bits per heavy atom. The molecule has 0 amide bonds. The first kappa shape index (κ1) is 26.9. The number of alkyl halides is 6. The number of fused-ring (bicyclic) bond motifs is 1. The van der Waals surface area contributed by atoms with Gasteiger partial charge in [0, 0.05) is 24.2 Å². The monoisotopic (exact) mass is 548 g/mol. The van der Waals surface area contributed by atoms with Crippen LogP contribution in [0.3, 0.4) is 0 Å². The summed E-state index contributed by atoms with van der Waals surface area (Å²) in [7, 11) is -4.59. The number of nitrogens with zero attached hydrogens (tertiary/aromatic N) is 3. The van der Waals surface area contributed by atoms with Crippen LogP contribution in [-0.4, -0.2) is 41.3 Å². The maximum absolute atomic E-state index is 13.0. The fraction of sp³-hybridized carbons (Fsp3) is 0.348. The molecule has 0 spiro atoms. The maximum atomic E-state index is 13.0. The van der Waals surface area contributed by atoms with Gasteiger partial charge in [-0.3, -0.25) is 0 Å². The first-order valence-corrected chi connectivity index (χ1v) is 12.6. The molecule has 2 aromatic carbocycles. The molecule has 14 heteroatoms. The van der Waals surface area contributed by atoms with Crippen LogP contribution in [-0.2, 0) is 35.8 Å². The van der Waals surface area contributed by atoms with Crippen molar-refractivity contribution in [2.45, 2.75) is 44.7 Å². The van der Waals surface area contributed by atoms with Crippen LogP contribution >= 0.6 is 0 Å². The highest BCUT2D eigenvalue weighted by molar-refractivity contribution is 7.86. The van der Waals surface area contributed by atoms with Gasteiger partial charge in [0.05, 0.1) is 11.3 Å². The molecule has 1 unspecified atom stereocenters. The Morgan fingerprint density at radius 1 is 1.03 bits per heavy atom. The lowest BCUT2D eigenvalue weighted by Crippen LogP contribution is -2.49. The lowest BCUT2D eigenvalue weighted by molar-refractivity contribution is -0.139. The van der Waals surface area contributed by atoms with Crippen LogP contribution in [0.15, 0.2) is 48.5 Å². The van der Waals surface area contributed by atoms with E-state index in [0.29, 0.717) is 28.9 Å². The minimum absolute atomic E-state index is 0.0408. The number of benzene rings is 2. The van der Waals surface area contributed by atoms with Crippen LogP contribution in [0.1, 0.15) is 23.6 Å². The fourth-order valence-electron chi connectivity index (χ4n) is 4.24. The molecule has 1 atom stereocenters. The van der Waals surface area contributed by atoms with E-state index in [2.05, 4.69) is 5.10 Å². The predicted octanol–water partition coefficient (Wildman–Crippen LogP) is 4.92. The van der Waals surface area contributed by atoms with Gasteiger partial charge in [-0.05, 0) is 61.2 Å². The molecule has 0 aliphatic heterocycles. The Kier molecular flexibility index (Phi) is 7.03. The second kappa shape index (κ2) is 9.65. The summed E-state index contributed by atoms with van der Waals surface area (Å²) in [4.78, 5) is 0. The van der Waals surface area contributed by atoms with Crippen LogP contribution in [0.5, 0.6) is 11.6 Å². The van der Waals surface area contributed by atoms with Gasteiger partial charge in [0.15, 0.2) is 0 Å². The Bertz CT molecular complexity index is 1380. The third-order valence-electron chi connectivity index (χ3n) is 5.93. The van der Waals surface area contributed by atoms with Gasteiger partial charge in [-0.1, -0.05) is 12.1 Å². The number of rotatable bonds is 7. The standard InChI is InChI=1S/C23H22F6N4O3S/c1-2-32-21(36-19-7-5-17(6-8-19)23(27,28)29)12-20(31-32)15-4-3-14-10-18(11-16(14)9-15)33(37(30,34)35)13-22(24,25)26/h3-9,12,18H,2,10-11,13H2,1H3,(H2,30,34,35). The number of hydrogen-bond acceptors (Lipinski definition) is 4. The Balaban J connectivity index is 1.56. The van der Waals surface area contributed by atoms with Gasteiger partial charge in [-0.2, -0.15) is 44.2 Å². The minimum Gasteiger partial charge on any atom is -0.439 e. The normalized spacial score (nSPS) is 16.3. The maximum Gasteiger partial charge on any atom is 0.416 e. The molecule has 0 fully saturated rings. The lowest BCUT2D eigenvalue weighted by atomic mass is 10.0. The summed E-state index contributed by atoms with van der Waals surface area (Å²) < 4.78 is 109. The van der Waals surface area contributed by atoms with Crippen LogP contribution in [0.2, 0.25) is 0 Å². The average molecular weight is 549 g/mol. The van der Waals surface area contributed by atoms with Crippen molar-refractivity contribution in [2.75, 3.05) is 6.54 Å². The van der Waals surface area contributed by atoms with Crippen LogP contribution < -0.4 is 9.88 Å². The van der Waals surface area contributed by atoms with Gasteiger partial charge >= 0.3 is 12.4 Å². The molecule has 200 valence electrons. The van der Waals surface area contributed by atoms with E-state index < -0.39 is 40.7 Å². The predicted molar refractivity (Wildman–Crippen MR) is 122 cm³/mol. The summed E-state index contributed by atoms with van der Waals surface area (Å²) in [6, 6.07) is 9.94. The fourth-order valence-corrected chi connectivity index (χ4v) is 5.13. The van der Waals surface area contributed by atoms with Gasteiger partial charge in [0.2, 0.25) is 5.88 Å². The quantitative estimate of drug-likeness (QED) is 0.425. The SMILES string of the molecule is CCn1nc(-c2ccc3c(c2)CC(N(CC(F)(F)F)S(N)(=O)=O)C3)cc1Oc1ccc(C(F)(F)F)cc1. The number of nitrogens with two attached hydrogens (primary N) is 1. The summed E-state index contributed by atoms with van der Waals surface area (Å²) in [6.07, 6.45) is -9.10.